The van der Waals surface area contributed by atoms with Gasteiger partial charge in [0.05, 0.1) is 10.6 Å². The summed E-state index contributed by atoms with van der Waals surface area (Å²) >= 11 is 1.58. The molecule has 21 heavy (non-hydrogen) atoms. The Morgan fingerprint density at radius 3 is 2.29 bits per heavy atom. The van der Waals surface area contributed by atoms with Gasteiger partial charge in [0.15, 0.2) is 0 Å². The summed E-state index contributed by atoms with van der Waals surface area (Å²) in [6, 6.07) is 0.447. The van der Waals surface area contributed by atoms with Crippen molar-refractivity contribution in [1.82, 2.24) is 14.9 Å². The van der Waals surface area contributed by atoms with E-state index in [4.69, 9.17) is 0 Å². The van der Waals surface area contributed by atoms with Crippen LogP contribution in [0.2, 0.25) is 0 Å². The predicted octanol–water partition coefficient (Wildman–Crippen LogP) is 5.45. The van der Waals surface area contributed by atoms with Gasteiger partial charge < -0.3 is 5.32 Å². The third kappa shape index (κ3) is 6.88. The minimum atomic E-state index is 0.447. The van der Waals surface area contributed by atoms with Gasteiger partial charge in [-0.1, -0.05) is 77.1 Å². The lowest BCUT2D eigenvalue weighted by molar-refractivity contribution is 0.476. The van der Waals surface area contributed by atoms with E-state index >= 15 is 0 Å². The first-order chi connectivity index (χ1) is 10.2. The zero-order chi connectivity index (χ0) is 15.5. The summed E-state index contributed by atoms with van der Waals surface area (Å²) in [5.74, 6) is 0.467. The van der Waals surface area contributed by atoms with Crippen LogP contribution < -0.4 is 5.32 Å². The molecule has 1 aromatic heterocycles. The van der Waals surface area contributed by atoms with Crippen molar-refractivity contribution in [1.29, 1.82) is 0 Å². The van der Waals surface area contributed by atoms with Gasteiger partial charge in [-0.2, -0.15) is 0 Å². The predicted molar refractivity (Wildman–Crippen MR) is 93.0 cm³/mol. The van der Waals surface area contributed by atoms with Crippen molar-refractivity contribution < 1.29 is 0 Å². The van der Waals surface area contributed by atoms with Gasteiger partial charge in [0.25, 0.3) is 0 Å². The number of nitrogens with one attached hydrogen (secondary N) is 1. The van der Waals surface area contributed by atoms with Crippen LogP contribution in [0.25, 0.3) is 0 Å². The van der Waals surface area contributed by atoms with Gasteiger partial charge in [-0.05, 0) is 30.4 Å². The van der Waals surface area contributed by atoms with Gasteiger partial charge in [0.1, 0.15) is 0 Å². The highest BCUT2D eigenvalue weighted by atomic mass is 32.1. The average Bonchev–Trinajstić information content (AvgIpc) is 2.94. The molecule has 1 heterocycles. The molecule has 0 aliphatic heterocycles. The fraction of sp³-hybridized carbons (Fsp3) is 0.882. The van der Waals surface area contributed by atoms with Crippen LogP contribution in [0.5, 0.6) is 0 Å². The molecule has 0 spiro atoms. The van der Waals surface area contributed by atoms with E-state index < -0.39 is 0 Å². The summed E-state index contributed by atoms with van der Waals surface area (Å²) in [4.78, 5) is 1.36. The lowest BCUT2D eigenvalue weighted by atomic mass is 10.0. The molecule has 3 nitrogen and oxygen atoms in total. The van der Waals surface area contributed by atoms with Crippen molar-refractivity contribution in [2.75, 3.05) is 6.54 Å². The Morgan fingerprint density at radius 1 is 1.00 bits per heavy atom. The van der Waals surface area contributed by atoms with Gasteiger partial charge in [-0.25, -0.2) is 0 Å². The van der Waals surface area contributed by atoms with Crippen LogP contribution in [0, 0.1) is 0 Å². The van der Waals surface area contributed by atoms with Crippen LogP contribution in [0.15, 0.2) is 0 Å². The minimum Gasteiger partial charge on any atom is -0.309 e. The first kappa shape index (κ1) is 18.6. The lowest BCUT2D eigenvalue weighted by Crippen LogP contribution is -2.21. The van der Waals surface area contributed by atoms with Crippen molar-refractivity contribution in [3.05, 3.63) is 10.6 Å². The Kier molecular flexibility index (Phi) is 9.85. The third-order valence-electron chi connectivity index (χ3n) is 3.95. The fourth-order valence-corrected chi connectivity index (χ4v) is 3.64. The molecule has 1 aromatic rings. The number of unbranched alkanes of at least 4 members (excludes halogenated alkanes) is 6. The van der Waals surface area contributed by atoms with Crippen LogP contribution >= 0.6 is 11.5 Å². The van der Waals surface area contributed by atoms with Gasteiger partial charge in [-0.15, -0.1) is 5.10 Å². The fourth-order valence-electron chi connectivity index (χ4n) is 2.72. The van der Waals surface area contributed by atoms with Gasteiger partial charge in [0.2, 0.25) is 0 Å². The van der Waals surface area contributed by atoms with Crippen LogP contribution in [-0.2, 0) is 0 Å². The van der Waals surface area contributed by atoms with Crippen molar-refractivity contribution in [2.45, 2.75) is 91.0 Å². The molecule has 0 aromatic carbocycles. The number of rotatable bonds is 12. The summed E-state index contributed by atoms with van der Waals surface area (Å²) in [6.45, 7) is 9.88. The monoisotopic (exact) mass is 311 g/mol. The Hall–Kier alpha value is -0.480. The molecule has 0 aliphatic rings. The van der Waals surface area contributed by atoms with E-state index in [0.717, 1.165) is 6.54 Å². The molecular weight excluding hydrogens is 278 g/mol. The van der Waals surface area contributed by atoms with Crippen LogP contribution in [0.3, 0.4) is 0 Å². The zero-order valence-electron chi connectivity index (χ0n) is 14.3. The second-order valence-corrected chi connectivity index (χ2v) is 6.98. The molecule has 1 atom stereocenters. The standard InChI is InChI=1S/C17H33N3S/c1-5-7-8-9-10-11-12-13-15(18-6-2)17-16(14(3)4)19-20-21-17/h14-15,18H,5-13H2,1-4H3. The summed E-state index contributed by atoms with van der Waals surface area (Å²) in [5.41, 5.74) is 1.19. The molecule has 0 aliphatic carbocycles. The van der Waals surface area contributed by atoms with Crippen molar-refractivity contribution in [2.24, 2.45) is 0 Å². The number of nitrogens with zero attached hydrogens (tertiary/aromatic N) is 2. The number of hydrogen-bond donors (Lipinski definition) is 1. The quantitative estimate of drug-likeness (QED) is 0.521. The highest BCUT2D eigenvalue weighted by Crippen LogP contribution is 2.29. The maximum absolute atomic E-state index is 4.33. The van der Waals surface area contributed by atoms with Crippen LogP contribution in [-0.4, -0.2) is 16.1 Å². The van der Waals surface area contributed by atoms with Crippen LogP contribution in [0.4, 0.5) is 0 Å². The first-order valence-electron chi connectivity index (χ1n) is 8.76. The van der Waals surface area contributed by atoms with E-state index in [1.807, 2.05) is 0 Å². The number of hydrogen-bond acceptors (Lipinski definition) is 4. The van der Waals surface area contributed by atoms with Crippen molar-refractivity contribution >= 4 is 11.5 Å². The maximum atomic E-state index is 4.33. The van der Waals surface area contributed by atoms with Crippen molar-refractivity contribution in [3.8, 4) is 0 Å². The molecule has 4 heteroatoms. The molecule has 122 valence electrons. The Morgan fingerprint density at radius 2 is 1.67 bits per heavy atom. The van der Waals surface area contributed by atoms with E-state index in [1.54, 1.807) is 11.5 Å². The number of aromatic nitrogens is 2. The molecule has 0 radical (unpaired) electrons. The highest BCUT2D eigenvalue weighted by molar-refractivity contribution is 7.05. The van der Waals surface area contributed by atoms with E-state index in [9.17, 15) is 0 Å². The molecule has 1 N–H and O–H groups in total. The topological polar surface area (TPSA) is 37.8 Å². The summed E-state index contributed by atoms with van der Waals surface area (Å²) in [7, 11) is 0. The average molecular weight is 312 g/mol. The third-order valence-corrected chi connectivity index (χ3v) is 4.80. The van der Waals surface area contributed by atoms with E-state index in [1.165, 1.54) is 61.9 Å². The summed E-state index contributed by atoms with van der Waals surface area (Å²) in [6.07, 6.45) is 10.8. The Labute approximate surface area is 135 Å². The normalized spacial score (nSPS) is 13.0. The first-order valence-corrected chi connectivity index (χ1v) is 9.53. The highest BCUT2D eigenvalue weighted by Gasteiger charge is 2.19. The van der Waals surface area contributed by atoms with Crippen molar-refractivity contribution in [3.63, 3.8) is 0 Å². The van der Waals surface area contributed by atoms with E-state index in [0.29, 0.717) is 12.0 Å². The van der Waals surface area contributed by atoms with Crippen LogP contribution in [0.1, 0.15) is 102 Å². The molecule has 0 bridgehead atoms. The lowest BCUT2D eigenvalue weighted by Gasteiger charge is -2.18. The zero-order valence-corrected chi connectivity index (χ0v) is 15.1. The summed E-state index contributed by atoms with van der Waals surface area (Å²) in [5, 5.41) is 7.95. The molecule has 0 saturated carbocycles. The minimum absolute atomic E-state index is 0.447. The van der Waals surface area contributed by atoms with E-state index in [2.05, 4.69) is 42.6 Å². The second kappa shape index (κ2) is 11.1. The van der Waals surface area contributed by atoms with Gasteiger partial charge in [-0.3, -0.25) is 0 Å². The van der Waals surface area contributed by atoms with E-state index in [-0.39, 0.29) is 0 Å². The molecule has 0 saturated heterocycles. The molecule has 1 rings (SSSR count). The molecule has 1 unspecified atom stereocenters. The molecule has 0 amide bonds. The molecular formula is C17H33N3S. The largest absolute Gasteiger partial charge is 0.309 e. The maximum Gasteiger partial charge on any atom is 0.0829 e. The second-order valence-electron chi connectivity index (χ2n) is 6.20. The SMILES string of the molecule is CCCCCCCCCC(NCC)c1snnc1C(C)C. The smallest absolute Gasteiger partial charge is 0.0829 e. The Bertz CT molecular complexity index is 363. The van der Waals surface area contributed by atoms with Gasteiger partial charge >= 0.3 is 0 Å². The molecule has 0 fully saturated rings. The summed E-state index contributed by atoms with van der Waals surface area (Å²) < 4.78 is 4.18. The van der Waals surface area contributed by atoms with Gasteiger partial charge in [0, 0.05) is 6.04 Å². The Balaban J connectivity index is 2.38.